The Labute approximate surface area is 122 Å². The van der Waals surface area contributed by atoms with Gasteiger partial charge in [-0.05, 0) is 31.5 Å². The van der Waals surface area contributed by atoms with Crippen molar-refractivity contribution in [1.82, 2.24) is 9.62 Å². The molecule has 1 rings (SSSR count). The van der Waals surface area contributed by atoms with Gasteiger partial charge in [-0.2, -0.15) is 0 Å². The lowest BCUT2D eigenvalue weighted by Gasteiger charge is -2.18. The number of methoxy groups -OCH3 is 1. The summed E-state index contributed by atoms with van der Waals surface area (Å²) in [6.45, 7) is 4.78. The maximum Gasteiger partial charge on any atom is 0.242 e. The summed E-state index contributed by atoms with van der Waals surface area (Å²) in [5, 5.41) is 3.35. The van der Waals surface area contributed by atoms with Crippen LogP contribution in [0.2, 0.25) is 0 Å². The van der Waals surface area contributed by atoms with E-state index in [-0.39, 0.29) is 12.1 Å². The van der Waals surface area contributed by atoms with Gasteiger partial charge < -0.3 is 10.1 Å². The molecule has 0 amide bonds. The summed E-state index contributed by atoms with van der Waals surface area (Å²) in [6, 6.07) is 7.10. The summed E-state index contributed by atoms with van der Waals surface area (Å²) in [5.74, 6) is 0. The van der Waals surface area contributed by atoms with E-state index in [1.54, 1.807) is 19.2 Å². The van der Waals surface area contributed by atoms with Gasteiger partial charge in [0.25, 0.3) is 0 Å². The van der Waals surface area contributed by atoms with Crippen LogP contribution in [0.5, 0.6) is 0 Å². The fourth-order valence-corrected chi connectivity index (χ4v) is 2.58. The van der Waals surface area contributed by atoms with Crippen LogP contribution >= 0.6 is 0 Å². The van der Waals surface area contributed by atoms with Gasteiger partial charge in [-0.25, -0.2) is 12.7 Å². The van der Waals surface area contributed by atoms with E-state index in [1.165, 1.54) is 18.4 Å². The topological polar surface area (TPSA) is 58.6 Å². The number of ether oxygens (including phenoxy) is 1. The predicted molar refractivity (Wildman–Crippen MR) is 80.2 cm³/mol. The molecular weight excluding hydrogens is 276 g/mol. The highest BCUT2D eigenvalue weighted by atomic mass is 32.2. The minimum absolute atomic E-state index is 0.142. The van der Waals surface area contributed by atoms with Crippen molar-refractivity contribution in [2.45, 2.75) is 30.9 Å². The Morgan fingerprint density at radius 2 is 1.75 bits per heavy atom. The summed E-state index contributed by atoms with van der Waals surface area (Å²) in [5.41, 5.74) is 1.05. The van der Waals surface area contributed by atoms with Gasteiger partial charge in [0, 0.05) is 33.8 Å². The van der Waals surface area contributed by atoms with Crippen molar-refractivity contribution in [3.8, 4) is 0 Å². The minimum atomic E-state index is -3.36. The Morgan fingerprint density at radius 1 is 1.20 bits per heavy atom. The zero-order valence-corrected chi connectivity index (χ0v) is 13.6. The fourth-order valence-electron chi connectivity index (χ4n) is 1.68. The standard InChI is InChI=1S/C14H24N2O3S/c1-11(19-5)10-15-12(2)13-6-8-14(9-7-13)20(17,18)16(3)4/h6-9,11-12,15H,10H2,1-5H3. The molecular formula is C14H24N2O3S. The Balaban J connectivity index is 2.76. The molecule has 0 bridgehead atoms. The fraction of sp³-hybridized carbons (Fsp3) is 0.571. The number of nitrogens with zero attached hydrogens (tertiary/aromatic N) is 1. The van der Waals surface area contributed by atoms with E-state index in [0.29, 0.717) is 4.90 Å². The highest BCUT2D eigenvalue weighted by Crippen LogP contribution is 2.18. The molecule has 2 atom stereocenters. The van der Waals surface area contributed by atoms with E-state index in [2.05, 4.69) is 5.32 Å². The van der Waals surface area contributed by atoms with Gasteiger partial charge >= 0.3 is 0 Å². The maximum absolute atomic E-state index is 12.0. The molecule has 0 aliphatic heterocycles. The number of rotatable bonds is 7. The van der Waals surface area contributed by atoms with Gasteiger partial charge in [0.1, 0.15) is 0 Å². The third-order valence-corrected chi connectivity index (χ3v) is 5.10. The lowest BCUT2D eigenvalue weighted by molar-refractivity contribution is 0.115. The highest BCUT2D eigenvalue weighted by molar-refractivity contribution is 7.89. The molecule has 20 heavy (non-hydrogen) atoms. The Morgan fingerprint density at radius 3 is 2.20 bits per heavy atom. The van der Waals surface area contributed by atoms with Crippen LogP contribution in [0.1, 0.15) is 25.5 Å². The molecule has 5 nitrogen and oxygen atoms in total. The van der Waals surface area contributed by atoms with Crippen molar-refractivity contribution < 1.29 is 13.2 Å². The van der Waals surface area contributed by atoms with Crippen LogP contribution in [-0.2, 0) is 14.8 Å². The summed E-state index contributed by atoms with van der Waals surface area (Å²) in [6.07, 6.45) is 0.144. The van der Waals surface area contributed by atoms with Gasteiger partial charge in [-0.15, -0.1) is 0 Å². The Kier molecular flexibility index (Phi) is 6.13. The largest absolute Gasteiger partial charge is 0.380 e. The molecule has 0 aromatic heterocycles. The van der Waals surface area contributed by atoms with E-state index < -0.39 is 10.0 Å². The number of sulfonamides is 1. The molecule has 1 N–H and O–H groups in total. The molecule has 0 saturated carbocycles. The van der Waals surface area contributed by atoms with Gasteiger partial charge in [0.05, 0.1) is 11.0 Å². The summed E-state index contributed by atoms with van der Waals surface area (Å²) >= 11 is 0. The van der Waals surface area contributed by atoms with Gasteiger partial charge in [-0.3, -0.25) is 0 Å². The minimum Gasteiger partial charge on any atom is -0.380 e. The average Bonchev–Trinajstić information content (AvgIpc) is 2.44. The van der Waals surface area contributed by atoms with Crippen LogP contribution < -0.4 is 5.32 Å². The van der Waals surface area contributed by atoms with Crippen molar-refractivity contribution in [2.75, 3.05) is 27.7 Å². The van der Waals surface area contributed by atoms with Gasteiger partial charge in [-0.1, -0.05) is 12.1 Å². The Hall–Kier alpha value is -0.950. The van der Waals surface area contributed by atoms with Crippen LogP contribution in [0.4, 0.5) is 0 Å². The monoisotopic (exact) mass is 300 g/mol. The highest BCUT2D eigenvalue weighted by Gasteiger charge is 2.17. The van der Waals surface area contributed by atoms with E-state index in [1.807, 2.05) is 26.0 Å². The van der Waals surface area contributed by atoms with E-state index in [9.17, 15) is 8.42 Å². The first-order valence-corrected chi connectivity index (χ1v) is 8.01. The molecule has 0 fully saturated rings. The quantitative estimate of drug-likeness (QED) is 0.831. The summed E-state index contributed by atoms with van der Waals surface area (Å²) in [7, 11) is 1.38. The number of hydrogen-bond acceptors (Lipinski definition) is 4. The average molecular weight is 300 g/mol. The SMILES string of the molecule is COC(C)CNC(C)c1ccc(S(=O)(=O)N(C)C)cc1. The van der Waals surface area contributed by atoms with Crippen LogP contribution in [0.25, 0.3) is 0 Å². The molecule has 0 spiro atoms. The molecule has 114 valence electrons. The van der Waals surface area contributed by atoms with E-state index in [0.717, 1.165) is 12.1 Å². The van der Waals surface area contributed by atoms with Crippen LogP contribution in [0.15, 0.2) is 29.2 Å². The van der Waals surface area contributed by atoms with Crippen molar-refractivity contribution in [1.29, 1.82) is 0 Å². The second-order valence-electron chi connectivity index (χ2n) is 5.03. The molecule has 0 aliphatic carbocycles. The lowest BCUT2D eigenvalue weighted by Crippen LogP contribution is -2.28. The van der Waals surface area contributed by atoms with Crippen molar-refractivity contribution in [2.24, 2.45) is 0 Å². The molecule has 0 aliphatic rings. The first-order chi connectivity index (χ1) is 9.28. The molecule has 6 heteroatoms. The van der Waals surface area contributed by atoms with Gasteiger partial charge in [0.15, 0.2) is 0 Å². The third kappa shape index (κ3) is 4.28. The zero-order valence-electron chi connectivity index (χ0n) is 12.8. The molecule has 0 radical (unpaired) electrons. The first kappa shape index (κ1) is 17.1. The maximum atomic E-state index is 12.0. The molecule has 0 saturated heterocycles. The van der Waals surface area contributed by atoms with Crippen LogP contribution in [0.3, 0.4) is 0 Å². The normalized spacial score (nSPS) is 15.3. The number of hydrogen-bond donors (Lipinski definition) is 1. The third-order valence-electron chi connectivity index (χ3n) is 3.27. The second-order valence-corrected chi connectivity index (χ2v) is 7.18. The smallest absolute Gasteiger partial charge is 0.242 e. The summed E-state index contributed by atoms with van der Waals surface area (Å²) in [4.78, 5) is 0.309. The summed E-state index contributed by atoms with van der Waals surface area (Å²) < 4.78 is 30.3. The van der Waals surface area contributed by atoms with Crippen LogP contribution in [-0.4, -0.2) is 46.6 Å². The molecule has 1 aromatic rings. The number of benzene rings is 1. The number of nitrogens with one attached hydrogen (secondary N) is 1. The molecule has 2 unspecified atom stereocenters. The molecule has 1 aromatic carbocycles. The van der Waals surface area contributed by atoms with Crippen LogP contribution in [0, 0.1) is 0 Å². The molecule has 0 heterocycles. The second kappa shape index (κ2) is 7.17. The predicted octanol–water partition coefficient (Wildman–Crippen LogP) is 1.62. The first-order valence-electron chi connectivity index (χ1n) is 6.57. The van der Waals surface area contributed by atoms with Gasteiger partial charge in [0.2, 0.25) is 10.0 Å². The zero-order chi connectivity index (χ0) is 15.3. The van der Waals surface area contributed by atoms with E-state index in [4.69, 9.17) is 4.74 Å². The lowest BCUT2D eigenvalue weighted by atomic mass is 10.1. The van der Waals surface area contributed by atoms with Crippen molar-refractivity contribution >= 4 is 10.0 Å². The van der Waals surface area contributed by atoms with Crippen molar-refractivity contribution in [3.05, 3.63) is 29.8 Å². The Bertz CT molecular complexity index is 512. The van der Waals surface area contributed by atoms with E-state index >= 15 is 0 Å². The van der Waals surface area contributed by atoms with Crippen molar-refractivity contribution in [3.63, 3.8) is 0 Å².